The number of hydrogen-bond acceptors (Lipinski definition) is 3. The smallest absolute Gasteiger partial charge is 0.388 e. The summed E-state index contributed by atoms with van der Waals surface area (Å²) in [7, 11) is -3.77. The second kappa shape index (κ2) is 8.41. The van der Waals surface area contributed by atoms with Crippen LogP contribution in [0.25, 0.3) is 0 Å². The maximum atomic E-state index is 12.9. The number of alkyl halides is 3. The molecule has 0 unspecified atom stereocenters. The van der Waals surface area contributed by atoms with Gasteiger partial charge in [0.15, 0.2) is 0 Å². The third-order valence-corrected chi connectivity index (χ3v) is 5.83. The SMILES string of the molecule is CC[C@H](CNS(=O)(=O)c1ccc(C)cc1)[C@H](O)c1cccc(C(F)(F)F)c1. The van der Waals surface area contributed by atoms with Gasteiger partial charge in [-0.25, -0.2) is 13.1 Å². The van der Waals surface area contributed by atoms with Gasteiger partial charge in [0.1, 0.15) is 0 Å². The Labute approximate surface area is 157 Å². The lowest BCUT2D eigenvalue weighted by atomic mass is 9.92. The van der Waals surface area contributed by atoms with Crippen molar-refractivity contribution >= 4 is 10.0 Å². The number of aliphatic hydroxyl groups excluding tert-OH is 1. The second-order valence-electron chi connectivity index (χ2n) is 6.40. The zero-order valence-corrected chi connectivity index (χ0v) is 15.8. The van der Waals surface area contributed by atoms with E-state index in [2.05, 4.69) is 4.72 Å². The maximum Gasteiger partial charge on any atom is 0.416 e. The molecule has 0 saturated carbocycles. The molecule has 0 saturated heterocycles. The van der Waals surface area contributed by atoms with E-state index in [-0.39, 0.29) is 17.0 Å². The van der Waals surface area contributed by atoms with Crippen LogP contribution in [0.15, 0.2) is 53.4 Å². The summed E-state index contributed by atoms with van der Waals surface area (Å²) in [6, 6.07) is 10.7. The van der Waals surface area contributed by atoms with Crippen LogP contribution in [0.5, 0.6) is 0 Å². The molecule has 0 bridgehead atoms. The Morgan fingerprint density at radius 2 is 1.74 bits per heavy atom. The van der Waals surface area contributed by atoms with Crippen molar-refractivity contribution in [3.63, 3.8) is 0 Å². The Bertz CT molecular complexity index is 865. The fraction of sp³-hybridized carbons (Fsp3) is 0.368. The Hall–Kier alpha value is -1.90. The number of aliphatic hydroxyl groups is 1. The predicted octanol–water partition coefficient (Wildman–Crippen LogP) is 4.05. The number of aryl methyl sites for hydroxylation is 1. The maximum absolute atomic E-state index is 12.9. The summed E-state index contributed by atoms with van der Waals surface area (Å²) < 4.78 is 65.7. The fourth-order valence-electron chi connectivity index (χ4n) is 2.67. The zero-order chi connectivity index (χ0) is 20.2. The summed E-state index contributed by atoms with van der Waals surface area (Å²) in [5.41, 5.74) is 0.167. The van der Waals surface area contributed by atoms with Crippen molar-refractivity contribution in [2.75, 3.05) is 6.54 Å². The van der Waals surface area contributed by atoms with E-state index < -0.39 is 33.8 Å². The molecule has 0 heterocycles. The highest BCUT2D eigenvalue weighted by atomic mass is 32.2. The molecule has 2 rings (SSSR count). The molecule has 0 amide bonds. The van der Waals surface area contributed by atoms with E-state index in [1.807, 2.05) is 6.92 Å². The number of rotatable bonds is 7. The van der Waals surface area contributed by atoms with Crippen molar-refractivity contribution in [1.29, 1.82) is 0 Å². The van der Waals surface area contributed by atoms with Gasteiger partial charge in [-0.05, 0) is 43.2 Å². The van der Waals surface area contributed by atoms with Crippen molar-refractivity contribution in [2.24, 2.45) is 5.92 Å². The van der Waals surface area contributed by atoms with Gasteiger partial charge in [0.25, 0.3) is 0 Å². The van der Waals surface area contributed by atoms with Gasteiger partial charge in [-0.15, -0.1) is 0 Å². The molecule has 0 aliphatic carbocycles. The molecule has 0 aliphatic heterocycles. The van der Waals surface area contributed by atoms with Gasteiger partial charge >= 0.3 is 6.18 Å². The summed E-state index contributed by atoms with van der Waals surface area (Å²) in [4.78, 5) is 0.0940. The number of sulfonamides is 1. The Kier molecular flexibility index (Phi) is 6.67. The van der Waals surface area contributed by atoms with Crippen LogP contribution in [-0.4, -0.2) is 20.1 Å². The lowest BCUT2D eigenvalue weighted by Gasteiger charge is -2.23. The van der Waals surface area contributed by atoms with Gasteiger partial charge in [-0.2, -0.15) is 13.2 Å². The second-order valence-corrected chi connectivity index (χ2v) is 8.17. The van der Waals surface area contributed by atoms with Crippen LogP contribution < -0.4 is 4.72 Å². The van der Waals surface area contributed by atoms with Crippen LogP contribution in [-0.2, 0) is 16.2 Å². The van der Waals surface area contributed by atoms with Crippen molar-refractivity contribution < 1.29 is 26.7 Å². The summed E-state index contributed by atoms with van der Waals surface area (Å²) >= 11 is 0. The van der Waals surface area contributed by atoms with Crippen LogP contribution in [0.2, 0.25) is 0 Å². The first-order valence-corrected chi connectivity index (χ1v) is 9.94. The molecule has 0 spiro atoms. The highest BCUT2D eigenvalue weighted by molar-refractivity contribution is 7.89. The van der Waals surface area contributed by atoms with E-state index in [1.165, 1.54) is 24.3 Å². The van der Waals surface area contributed by atoms with E-state index in [4.69, 9.17) is 0 Å². The quantitative estimate of drug-likeness (QED) is 0.736. The lowest BCUT2D eigenvalue weighted by molar-refractivity contribution is -0.137. The van der Waals surface area contributed by atoms with Crippen LogP contribution in [0.4, 0.5) is 13.2 Å². The highest BCUT2D eigenvalue weighted by Crippen LogP contribution is 2.32. The lowest BCUT2D eigenvalue weighted by Crippen LogP contribution is -2.32. The summed E-state index contributed by atoms with van der Waals surface area (Å²) in [6.07, 6.45) is -5.35. The van der Waals surface area contributed by atoms with Crippen molar-refractivity contribution in [3.8, 4) is 0 Å². The molecule has 0 radical (unpaired) electrons. The minimum atomic E-state index is -4.51. The molecular weight excluding hydrogens is 379 g/mol. The highest BCUT2D eigenvalue weighted by Gasteiger charge is 2.31. The first kappa shape index (κ1) is 21.4. The number of hydrogen-bond donors (Lipinski definition) is 2. The number of benzene rings is 2. The van der Waals surface area contributed by atoms with Gasteiger partial charge in [0, 0.05) is 12.5 Å². The molecule has 0 fully saturated rings. The van der Waals surface area contributed by atoms with Crippen LogP contribution in [0.1, 0.15) is 36.1 Å². The fourth-order valence-corrected chi connectivity index (χ4v) is 3.76. The third-order valence-electron chi connectivity index (χ3n) is 4.39. The van der Waals surface area contributed by atoms with Gasteiger partial charge in [0.05, 0.1) is 16.6 Å². The van der Waals surface area contributed by atoms with Crippen molar-refractivity contribution in [2.45, 2.75) is 37.4 Å². The van der Waals surface area contributed by atoms with E-state index in [1.54, 1.807) is 19.1 Å². The normalized spacial score (nSPS) is 14.7. The molecule has 2 aromatic carbocycles. The summed E-state index contributed by atoms with van der Waals surface area (Å²) in [5.74, 6) is -0.575. The monoisotopic (exact) mass is 401 g/mol. The minimum Gasteiger partial charge on any atom is -0.388 e. The summed E-state index contributed by atoms with van der Waals surface area (Å²) in [5, 5.41) is 10.5. The molecule has 0 aliphatic rings. The molecule has 0 aromatic heterocycles. The first-order chi connectivity index (χ1) is 12.5. The first-order valence-electron chi connectivity index (χ1n) is 8.46. The van der Waals surface area contributed by atoms with Crippen molar-refractivity contribution in [3.05, 3.63) is 65.2 Å². The predicted molar refractivity (Wildman–Crippen MR) is 96.6 cm³/mol. The van der Waals surface area contributed by atoms with Crippen LogP contribution >= 0.6 is 0 Å². The van der Waals surface area contributed by atoms with Gasteiger partial charge in [-0.1, -0.05) is 36.8 Å². The number of halogens is 3. The Morgan fingerprint density at radius 3 is 2.30 bits per heavy atom. The largest absolute Gasteiger partial charge is 0.416 e. The van der Waals surface area contributed by atoms with E-state index in [9.17, 15) is 26.7 Å². The molecule has 148 valence electrons. The molecule has 2 aromatic rings. The third kappa shape index (κ3) is 5.54. The molecule has 2 N–H and O–H groups in total. The molecule has 27 heavy (non-hydrogen) atoms. The average molecular weight is 401 g/mol. The van der Waals surface area contributed by atoms with Crippen LogP contribution in [0.3, 0.4) is 0 Å². The van der Waals surface area contributed by atoms with E-state index >= 15 is 0 Å². The molecule has 2 atom stereocenters. The van der Waals surface area contributed by atoms with Gasteiger partial charge in [-0.3, -0.25) is 0 Å². The molecule has 8 heteroatoms. The van der Waals surface area contributed by atoms with Crippen LogP contribution in [0, 0.1) is 12.8 Å². The summed E-state index contributed by atoms with van der Waals surface area (Å²) in [6.45, 7) is 3.48. The Morgan fingerprint density at radius 1 is 1.11 bits per heavy atom. The van der Waals surface area contributed by atoms with Gasteiger partial charge < -0.3 is 5.11 Å². The van der Waals surface area contributed by atoms with E-state index in [0.29, 0.717) is 6.42 Å². The van der Waals surface area contributed by atoms with E-state index in [0.717, 1.165) is 17.7 Å². The zero-order valence-electron chi connectivity index (χ0n) is 15.0. The number of nitrogens with one attached hydrogen (secondary N) is 1. The minimum absolute atomic E-state index is 0.0931. The topological polar surface area (TPSA) is 66.4 Å². The van der Waals surface area contributed by atoms with Gasteiger partial charge in [0.2, 0.25) is 10.0 Å². The standard InChI is InChI=1S/C19H22F3NO3S/c1-3-14(12-23-27(25,26)17-9-7-13(2)8-10-17)18(24)15-5-4-6-16(11-15)19(20,21)22/h4-11,14,18,23-24H,3,12H2,1-2H3/t14-,18+/m1/s1. The molecule has 4 nitrogen and oxygen atoms in total. The molecular formula is C19H22F3NO3S. The van der Waals surface area contributed by atoms with Crippen molar-refractivity contribution in [1.82, 2.24) is 4.72 Å². The Balaban J connectivity index is 2.14. The average Bonchev–Trinajstić information content (AvgIpc) is 2.61.